The third-order valence-corrected chi connectivity index (χ3v) is 6.46. The van der Waals surface area contributed by atoms with Gasteiger partial charge in [-0.05, 0) is 31.9 Å². The number of nitrogens with zero attached hydrogens (tertiary/aromatic N) is 1. The number of methoxy groups -OCH3 is 1. The maximum Gasteiger partial charge on any atom is 0.285 e. The zero-order chi connectivity index (χ0) is 21.6. The Kier molecular flexibility index (Phi) is 7.10. The van der Waals surface area contributed by atoms with Crippen LogP contribution in [0.5, 0.6) is 0 Å². The maximum absolute atomic E-state index is 12.9. The van der Waals surface area contributed by atoms with Crippen molar-refractivity contribution in [3.63, 3.8) is 0 Å². The highest BCUT2D eigenvalue weighted by molar-refractivity contribution is 7.90. The third-order valence-electron chi connectivity index (χ3n) is 5.19. The first-order chi connectivity index (χ1) is 14.4. The van der Waals surface area contributed by atoms with Crippen LogP contribution in [0.1, 0.15) is 50.2 Å². The largest absolute Gasteiger partial charge is 0.436 e. The number of rotatable bonds is 9. The van der Waals surface area contributed by atoms with E-state index in [0.29, 0.717) is 6.42 Å². The molecule has 0 saturated heterocycles. The molecular weight excluding hydrogens is 398 g/mol. The molecule has 1 atom stereocenters. The lowest BCUT2D eigenvalue weighted by atomic mass is 10.0. The summed E-state index contributed by atoms with van der Waals surface area (Å²) in [5.74, 6) is -1.07. The van der Waals surface area contributed by atoms with Crippen LogP contribution in [0.3, 0.4) is 0 Å². The van der Waals surface area contributed by atoms with E-state index >= 15 is 0 Å². The summed E-state index contributed by atoms with van der Waals surface area (Å²) in [5.41, 5.74) is 2.53. The zero-order valence-corrected chi connectivity index (χ0v) is 18.6. The minimum Gasteiger partial charge on any atom is -0.436 e. The Balaban J connectivity index is 1.98. The van der Waals surface area contributed by atoms with Crippen molar-refractivity contribution in [2.75, 3.05) is 7.11 Å². The van der Waals surface area contributed by atoms with Crippen LogP contribution in [-0.2, 0) is 25.3 Å². The number of aryl methyl sites for hydroxylation is 1. The highest BCUT2D eigenvalue weighted by atomic mass is 32.2. The van der Waals surface area contributed by atoms with Gasteiger partial charge in [-0.15, -0.1) is 4.40 Å². The van der Waals surface area contributed by atoms with E-state index in [0.717, 1.165) is 42.4 Å². The van der Waals surface area contributed by atoms with Crippen molar-refractivity contribution in [1.82, 2.24) is 0 Å². The van der Waals surface area contributed by atoms with E-state index in [1.54, 1.807) is 31.4 Å². The molecule has 0 aromatic heterocycles. The van der Waals surface area contributed by atoms with Crippen LogP contribution in [0.2, 0.25) is 0 Å². The van der Waals surface area contributed by atoms with E-state index in [1.165, 1.54) is 0 Å². The fourth-order valence-electron chi connectivity index (χ4n) is 3.43. The molecule has 0 spiro atoms. The molecule has 3 rings (SSSR count). The summed E-state index contributed by atoms with van der Waals surface area (Å²) in [5, 5.41) is 0. The topological polar surface area (TPSA) is 65.0 Å². The highest BCUT2D eigenvalue weighted by Gasteiger charge is 2.41. The molecule has 2 aromatic carbocycles. The summed E-state index contributed by atoms with van der Waals surface area (Å²) in [6, 6.07) is 16.1. The second-order valence-corrected chi connectivity index (χ2v) is 9.11. The fourth-order valence-corrected chi connectivity index (χ4v) is 4.39. The SMILES string of the molecule is CCCCCCC1=CC(OC)(c2ccccc2)O/C1=N/S(=O)(=O)c1ccc(C)cc1. The molecule has 160 valence electrons. The van der Waals surface area contributed by atoms with Crippen molar-refractivity contribution in [2.45, 2.75) is 56.6 Å². The number of hydrogen-bond donors (Lipinski definition) is 0. The van der Waals surface area contributed by atoms with Crippen molar-refractivity contribution in [3.8, 4) is 0 Å². The Labute approximate surface area is 179 Å². The molecule has 1 aliphatic rings. The van der Waals surface area contributed by atoms with Crippen LogP contribution < -0.4 is 0 Å². The molecule has 1 heterocycles. The van der Waals surface area contributed by atoms with Crippen molar-refractivity contribution < 1.29 is 17.9 Å². The van der Waals surface area contributed by atoms with E-state index < -0.39 is 15.8 Å². The molecule has 0 saturated carbocycles. The number of unbranched alkanes of at least 4 members (excludes halogenated alkanes) is 3. The van der Waals surface area contributed by atoms with Gasteiger partial charge in [0.15, 0.2) is 0 Å². The van der Waals surface area contributed by atoms with E-state index in [-0.39, 0.29) is 10.8 Å². The molecule has 30 heavy (non-hydrogen) atoms. The standard InChI is InChI=1S/C24H29NO4S/c1-4-5-6-8-11-20-18-24(28-3,21-12-9-7-10-13-21)29-23(20)25-30(26,27)22-16-14-19(2)15-17-22/h7,9-10,12-18H,4-6,8,11H2,1-3H3/b25-23+. The molecule has 5 nitrogen and oxygen atoms in total. The van der Waals surface area contributed by atoms with Crippen LogP contribution in [-0.4, -0.2) is 21.4 Å². The van der Waals surface area contributed by atoms with Crippen LogP contribution in [0.4, 0.5) is 0 Å². The molecule has 0 bridgehead atoms. The first-order valence-corrected chi connectivity index (χ1v) is 11.8. The molecule has 2 aromatic rings. The number of sulfonamides is 1. The number of ether oxygens (including phenoxy) is 2. The molecule has 1 unspecified atom stereocenters. The Hall–Kier alpha value is -2.44. The van der Waals surface area contributed by atoms with Crippen molar-refractivity contribution in [1.29, 1.82) is 0 Å². The highest BCUT2D eigenvalue weighted by Crippen LogP contribution is 2.38. The quantitative estimate of drug-likeness (QED) is 0.495. The minimum absolute atomic E-state index is 0.109. The lowest BCUT2D eigenvalue weighted by Gasteiger charge is -2.25. The molecule has 0 aliphatic carbocycles. The van der Waals surface area contributed by atoms with Crippen LogP contribution in [0.25, 0.3) is 0 Å². The summed E-state index contributed by atoms with van der Waals surface area (Å²) in [7, 11) is -2.35. The first kappa shape index (κ1) is 22.2. The van der Waals surface area contributed by atoms with Gasteiger partial charge in [-0.1, -0.05) is 74.2 Å². The Morgan fingerprint density at radius 1 is 1.00 bits per heavy atom. The van der Waals surface area contributed by atoms with Crippen LogP contribution in [0.15, 0.2) is 75.5 Å². The molecule has 6 heteroatoms. The number of hydrogen-bond acceptors (Lipinski definition) is 4. The lowest BCUT2D eigenvalue weighted by molar-refractivity contribution is -0.134. The molecular formula is C24H29NO4S. The number of benzene rings is 2. The summed E-state index contributed by atoms with van der Waals surface area (Å²) in [6.07, 6.45) is 6.80. The maximum atomic E-state index is 12.9. The van der Waals surface area contributed by atoms with Crippen molar-refractivity contribution in [3.05, 3.63) is 77.4 Å². The van der Waals surface area contributed by atoms with Crippen LogP contribution >= 0.6 is 0 Å². The van der Waals surface area contributed by atoms with Crippen molar-refractivity contribution in [2.24, 2.45) is 4.40 Å². The fraction of sp³-hybridized carbons (Fsp3) is 0.375. The van der Waals surface area contributed by atoms with Crippen LogP contribution in [0, 0.1) is 6.92 Å². The Morgan fingerprint density at radius 2 is 1.70 bits per heavy atom. The normalized spacial score (nSPS) is 20.2. The van der Waals surface area contributed by atoms with E-state index in [2.05, 4.69) is 11.3 Å². The lowest BCUT2D eigenvalue weighted by Crippen LogP contribution is -2.28. The van der Waals surface area contributed by atoms with Gasteiger partial charge in [-0.25, -0.2) is 0 Å². The third kappa shape index (κ3) is 4.99. The van der Waals surface area contributed by atoms with Gasteiger partial charge in [0.1, 0.15) is 0 Å². The molecule has 0 N–H and O–H groups in total. The average molecular weight is 428 g/mol. The van der Waals surface area contributed by atoms with Crippen molar-refractivity contribution >= 4 is 15.9 Å². The average Bonchev–Trinajstić information content (AvgIpc) is 3.10. The van der Waals surface area contributed by atoms with Gasteiger partial charge in [0.05, 0.1) is 4.90 Å². The monoisotopic (exact) mass is 427 g/mol. The molecule has 0 fully saturated rings. The van der Waals surface area contributed by atoms with Gasteiger partial charge < -0.3 is 9.47 Å². The Morgan fingerprint density at radius 3 is 2.33 bits per heavy atom. The van der Waals surface area contributed by atoms with Gasteiger partial charge in [0.2, 0.25) is 5.90 Å². The first-order valence-electron chi connectivity index (χ1n) is 10.3. The second-order valence-electron chi connectivity index (χ2n) is 7.50. The Bertz CT molecular complexity index is 1010. The summed E-state index contributed by atoms with van der Waals surface area (Å²) in [6.45, 7) is 4.07. The van der Waals surface area contributed by atoms with Gasteiger partial charge in [-0.3, -0.25) is 0 Å². The van der Waals surface area contributed by atoms with Gasteiger partial charge in [0, 0.05) is 24.3 Å². The molecule has 1 aliphatic heterocycles. The smallest absolute Gasteiger partial charge is 0.285 e. The summed E-state index contributed by atoms with van der Waals surface area (Å²) < 4.78 is 41.7. The predicted molar refractivity (Wildman–Crippen MR) is 119 cm³/mol. The van der Waals surface area contributed by atoms with Gasteiger partial charge in [0.25, 0.3) is 15.8 Å². The van der Waals surface area contributed by atoms with Gasteiger partial charge >= 0.3 is 0 Å². The predicted octanol–water partition coefficient (Wildman–Crippen LogP) is 5.51. The molecule has 0 radical (unpaired) electrons. The second kappa shape index (κ2) is 9.58. The zero-order valence-electron chi connectivity index (χ0n) is 17.8. The van der Waals surface area contributed by atoms with E-state index in [4.69, 9.17) is 9.47 Å². The minimum atomic E-state index is -3.90. The molecule has 0 amide bonds. The summed E-state index contributed by atoms with van der Waals surface area (Å²) in [4.78, 5) is 0.143. The van der Waals surface area contributed by atoms with E-state index in [1.807, 2.05) is 43.3 Å². The summed E-state index contributed by atoms with van der Waals surface area (Å²) >= 11 is 0. The van der Waals surface area contributed by atoms with E-state index in [9.17, 15) is 8.42 Å². The van der Waals surface area contributed by atoms with Gasteiger partial charge in [-0.2, -0.15) is 8.42 Å².